The number of hydrogen-bond acceptors (Lipinski definition) is 5. The highest BCUT2D eigenvalue weighted by Crippen LogP contribution is 2.15. The van der Waals surface area contributed by atoms with Crippen molar-refractivity contribution in [1.82, 2.24) is 0 Å². The summed E-state index contributed by atoms with van der Waals surface area (Å²) in [5, 5.41) is 9.86. The number of aliphatic carboxylic acids is 1. The molecule has 0 amide bonds. The molecule has 0 atom stereocenters. The molecule has 0 spiro atoms. The van der Waals surface area contributed by atoms with Gasteiger partial charge in [0, 0.05) is 50.2 Å². The zero-order valence-electron chi connectivity index (χ0n) is 13.3. The molecule has 0 aliphatic carbocycles. The monoisotopic (exact) mass is 350 g/mol. The number of carbonyl (C=O) groups is 2. The van der Waals surface area contributed by atoms with Gasteiger partial charge in [-0.05, 0) is 35.2 Å². The molecule has 23 heavy (non-hydrogen) atoms. The van der Waals surface area contributed by atoms with Crippen molar-refractivity contribution in [3.63, 3.8) is 0 Å². The molecule has 0 saturated carbocycles. The number of hydrogen-bond donors (Lipinski definition) is 1. The highest BCUT2D eigenvalue weighted by atomic mass is 32.2. The minimum Gasteiger partial charge on any atom is -0.481 e. The fourth-order valence-corrected chi connectivity index (χ4v) is 3.05. The topological polar surface area (TPSA) is 89.9 Å². The molecular formula is C16H30O6S. The minimum absolute atomic E-state index is 0. The van der Waals surface area contributed by atoms with Gasteiger partial charge in [-0.25, -0.2) is 0 Å². The average molecular weight is 350 g/mol. The summed E-state index contributed by atoms with van der Waals surface area (Å²) < 4.78 is 21.5. The Morgan fingerprint density at radius 3 is 1.65 bits per heavy atom. The highest BCUT2D eigenvalue weighted by Gasteiger charge is 2.20. The molecule has 0 radical (unpaired) electrons. The lowest BCUT2D eigenvalue weighted by molar-refractivity contribution is -0.144. The number of Topliss-reactive ketones (excluding diaryl/α,β-unsaturated/α-hetero) is 1. The predicted octanol–water partition coefficient (Wildman–Crippen LogP) is 1.46. The van der Waals surface area contributed by atoms with Crippen molar-refractivity contribution < 1.29 is 28.4 Å². The smallest absolute Gasteiger partial charge is 0.306 e. The maximum Gasteiger partial charge on any atom is 0.306 e. The predicted molar refractivity (Wildman–Crippen MR) is 92.5 cm³/mol. The molecule has 0 bridgehead atoms. The Balaban J connectivity index is 0.000000427. The van der Waals surface area contributed by atoms with Gasteiger partial charge in [0.05, 0.1) is 5.92 Å². The van der Waals surface area contributed by atoms with Crippen LogP contribution in [0.2, 0.25) is 0 Å². The molecule has 1 N–H and O–H groups in total. The summed E-state index contributed by atoms with van der Waals surface area (Å²) in [6.07, 6.45) is 6.06. The fraction of sp³-hybridized carbons (Fsp3) is 0.812. The number of ketones is 1. The van der Waals surface area contributed by atoms with Gasteiger partial charge in [-0.1, -0.05) is 7.43 Å². The minimum atomic E-state index is -2.04. The Kier molecular flexibility index (Phi) is 10.3. The second kappa shape index (κ2) is 10.8. The summed E-state index contributed by atoms with van der Waals surface area (Å²) in [6.45, 7) is 2.52. The van der Waals surface area contributed by atoms with E-state index >= 15 is 0 Å². The zero-order chi connectivity index (χ0) is 16.6. The maximum atomic E-state index is 11.5. The van der Waals surface area contributed by atoms with Gasteiger partial charge in [0.25, 0.3) is 0 Å². The standard InChI is InChI=1S/C9H16O3S.C6H10O3.CH4/c1-13(2,11)7-9(10)8-3-5-12-6-4-8;7-6(8)5-1-3-9-4-2-5;/h7-8H,3-6H2,1-2H3;5H,1-4H2,(H,7,8);1H4. The van der Waals surface area contributed by atoms with Crippen LogP contribution in [0.25, 0.3) is 0 Å². The van der Waals surface area contributed by atoms with Crippen molar-refractivity contribution in [2.24, 2.45) is 11.8 Å². The van der Waals surface area contributed by atoms with Crippen LogP contribution in [0.5, 0.6) is 0 Å². The Labute approximate surface area is 139 Å². The maximum absolute atomic E-state index is 11.5. The Morgan fingerprint density at radius 2 is 1.35 bits per heavy atom. The SMILES string of the molecule is C.CS(C)(=O)=CC(=O)C1CCOCC1.O=C(O)C1CCOCC1. The third-order valence-corrected chi connectivity index (χ3v) is 4.39. The van der Waals surface area contributed by atoms with Crippen LogP contribution in [0.1, 0.15) is 33.1 Å². The van der Waals surface area contributed by atoms with Gasteiger partial charge in [-0.15, -0.1) is 0 Å². The summed E-state index contributed by atoms with van der Waals surface area (Å²) in [5.41, 5.74) is 0. The molecule has 2 saturated heterocycles. The van der Waals surface area contributed by atoms with Gasteiger partial charge in [0.15, 0.2) is 5.78 Å². The second-order valence-corrected chi connectivity index (χ2v) is 8.80. The lowest BCUT2D eigenvalue weighted by atomic mass is 9.97. The summed E-state index contributed by atoms with van der Waals surface area (Å²) in [4.78, 5) is 21.8. The van der Waals surface area contributed by atoms with Gasteiger partial charge in [0.2, 0.25) is 0 Å². The van der Waals surface area contributed by atoms with Crippen LogP contribution in [0.4, 0.5) is 0 Å². The molecule has 2 fully saturated rings. The number of carbonyl (C=O) groups excluding carboxylic acids is 1. The van der Waals surface area contributed by atoms with E-state index < -0.39 is 15.5 Å². The van der Waals surface area contributed by atoms with E-state index in [1.807, 2.05) is 0 Å². The van der Waals surface area contributed by atoms with Crippen molar-refractivity contribution >= 4 is 26.6 Å². The Bertz CT molecular complexity index is 473. The van der Waals surface area contributed by atoms with E-state index in [1.54, 1.807) is 12.5 Å². The lowest BCUT2D eigenvalue weighted by Crippen LogP contribution is -2.25. The molecule has 2 aliphatic rings. The molecule has 0 aromatic heterocycles. The van der Waals surface area contributed by atoms with Crippen molar-refractivity contribution in [2.75, 3.05) is 38.9 Å². The third-order valence-electron chi connectivity index (χ3n) is 3.59. The van der Waals surface area contributed by atoms with Crippen LogP contribution < -0.4 is 0 Å². The van der Waals surface area contributed by atoms with Crippen LogP contribution in [0, 0.1) is 11.8 Å². The number of ether oxygens (including phenoxy) is 2. The molecule has 2 aliphatic heterocycles. The van der Waals surface area contributed by atoms with Crippen molar-refractivity contribution in [2.45, 2.75) is 33.1 Å². The fourth-order valence-electron chi connectivity index (χ4n) is 2.30. The first kappa shape index (κ1) is 22.1. The normalized spacial score (nSPS) is 19.7. The molecule has 136 valence electrons. The zero-order valence-corrected chi connectivity index (χ0v) is 14.1. The van der Waals surface area contributed by atoms with Crippen LogP contribution in [0.15, 0.2) is 0 Å². The van der Waals surface area contributed by atoms with Crippen LogP contribution >= 0.6 is 0 Å². The van der Waals surface area contributed by atoms with E-state index in [0.717, 1.165) is 12.8 Å². The van der Waals surface area contributed by atoms with Crippen LogP contribution in [0.3, 0.4) is 0 Å². The number of rotatable bonds is 3. The molecule has 2 rings (SSSR count). The first-order chi connectivity index (χ1) is 10.3. The quantitative estimate of drug-likeness (QED) is 0.775. The summed E-state index contributed by atoms with van der Waals surface area (Å²) in [7, 11) is -2.04. The molecule has 0 aromatic carbocycles. The third kappa shape index (κ3) is 9.73. The molecule has 6 nitrogen and oxygen atoms in total. The van der Waals surface area contributed by atoms with Gasteiger partial charge < -0.3 is 14.6 Å². The van der Waals surface area contributed by atoms with E-state index in [2.05, 4.69) is 0 Å². The highest BCUT2D eigenvalue weighted by molar-refractivity contribution is 8.01. The summed E-state index contributed by atoms with van der Waals surface area (Å²) in [6, 6.07) is 0. The molecular weight excluding hydrogens is 320 g/mol. The van der Waals surface area contributed by atoms with E-state index in [4.69, 9.17) is 14.6 Å². The first-order valence-electron chi connectivity index (χ1n) is 7.50. The number of carboxylic acid groups (broad SMARTS) is 1. The van der Waals surface area contributed by atoms with Gasteiger partial charge >= 0.3 is 5.97 Å². The molecule has 2 heterocycles. The molecule has 0 aromatic rings. The van der Waals surface area contributed by atoms with Gasteiger partial charge in [-0.3, -0.25) is 13.8 Å². The van der Waals surface area contributed by atoms with Gasteiger partial charge in [0.1, 0.15) is 0 Å². The van der Waals surface area contributed by atoms with Crippen molar-refractivity contribution in [3.8, 4) is 0 Å². The van der Waals surface area contributed by atoms with Crippen molar-refractivity contribution in [3.05, 3.63) is 0 Å². The average Bonchev–Trinajstić information content (AvgIpc) is 2.48. The van der Waals surface area contributed by atoms with E-state index in [9.17, 15) is 13.8 Å². The molecule has 7 heteroatoms. The number of carboxylic acids is 1. The van der Waals surface area contributed by atoms with E-state index in [-0.39, 0.29) is 25.0 Å². The Morgan fingerprint density at radius 1 is 0.957 bits per heavy atom. The van der Waals surface area contributed by atoms with E-state index in [0.29, 0.717) is 39.3 Å². The summed E-state index contributed by atoms with van der Waals surface area (Å²) >= 11 is 0. The largest absolute Gasteiger partial charge is 0.481 e. The molecule has 0 unspecified atom stereocenters. The van der Waals surface area contributed by atoms with Crippen molar-refractivity contribution in [1.29, 1.82) is 0 Å². The van der Waals surface area contributed by atoms with Crippen LogP contribution in [-0.2, 0) is 28.6 Å². The van der Waals surface area contributed by atoms with Crippen LogP contribution in [-0.4, -0.2) is 65.4 Å². The van der Waals surface area contributed by atoms with Gasteiger partial charge in [-0.2, -0.15) is 0 Å². The Hall–Kier alpha value is -0.920. The lowest BCUT2D eigenvalue weighted by Gasteiger charge is -2.19. The second-order valence-electron chi connectivity index (χ2n) is 5.94. The first-order valence-corrected chi connectivity index (χ1v) is 9.94. The summed E-state index contributed by atoms with van der Waals surface area (Å²) in [5.74, 6) is -0.773. The van der Waals surface area contributed by atoms with E-state index in [1.165, 1.54) is 5.37 Å².